The quantitative estimate of drug-likeness (QED) is 0.784. The maximum absolute atomic E-state index is 12.7. The summed E-state index contributed by atoms with van der Waals surface area (Å²) in [4.78, 5) is 21.0. The van der Waals surface area contributed by atoms with E-state index >= 15 is 0 Å². The van der Waals surface area contributed by atoms with Gasteiger partial charge in [-0.3, -0.25) is 9.78 Å². The number of nitrogens with zero attached hydrogens (tertiary/aromatic N) is 3. The molecule has 0 N–H and O–H groups in total. The van der Waals surface area contributed by atoms with E-state index in [2.05, 4.69) is 16.9 Å². The molecule has 138 valence electrons. The highest BCUT2D eigenvalue weighted by molar-refractivity contribution is 5.94. The lowest BCUT2D eigenvalue weighted by atomic mass is 9.86. The van der Waals surface area contributed by atoms with Crippen LogP contribution in [0, 0.1) is 5.92 Å². The normalized spacial score (nSPS) is 26.5. The molecule has 6 heteroatoms. The fourth-order valence-corrected chi connectivity index (χ4v) is 4.07. The molecule has 1 aromatic rings. The second kappa shape index (κ2) is 8.25. The topological polar surface area (TPSA) is 54.9 Å². The second-order valence-corrected chi connectivity index (χ2v) is 7.39. The first-order chi connectivity index (χ1) is 12.1. The van der Waals surface area contributed by atoms with Gasteiger partial charge in [-0.25, -0.2) is 0 Å². The van der Waals surface area contributed by atoms with Gasteiger partial charge in [-0.15, -0.1) is 0 Å². The molecule has 0 unspecified atom stereocenters. The first-order valence-corrected chi connectivity index (χ1v) is 9.13. The third kappa shape index (κ3) is 4.57. The predicted molar refractivity (Wildman–Crippen MR) is 95.5 cm³/mol. The molecule has 1 amide bonds. The Morgan fingerprint density at radius 2 is 2.28 bits per heavy atom. The fourth-order valence-electron chi connectivity index (χ4n) is 4.07. The Kier molecular flexibility index (Phi) is 6.04. The molecule has 2 aliphatic heterocycles. The van der Waals surface area contributed by atoms with Crippen molar-refractivity contribution in [3.63, 3.8) is 0 Å². The summed E-state index contributed by atoms with van der Waals surface area (Å²) >= 11 is 0. The number of ether oxygens (including phenoxy) is 2. The lowest BCUT2D eigenvalue weighted by Gasteiger charge is -2.40. The van der Waals surface area contributed by atoms with E-state index in [9.17, 15) is 4.79 Å². The van der Waals surface area contributed by atoms with Crippen LogP contribution in [0.3, 0.4) is 0 Å². The smallest absolute Gasteiger partial charge is 0.254 e. The summed E-state index contributed by atoms with van der Waals surface area (Å²) in [6.07, 6.45) is 6.43. The van der Waals surface area contributed by atoms with Crippen molar-refractivity contribution in [1.82, 2.24) is 14.8 Å². The number of methoxy groups -OCH3 is 1. The van der Waals surface area contributed by atoms with Gasteiger partial charge in [-0.05, 0) is 44.4 Å². The molecule has 0 saturated carbocycles. The second-order valence-electron chi connectivity index (χ2n) is 7.39. The number of carbonyl (C=O) groups excluding carboxylic acids is 1. The first kappa shape index (κ1) is 18.3. The van der Waals surface area contributed by atoms with Gasteiger partial charge < -0.3 is 19.3 Å². The van der Waals surface area contributed by atoms with Gasteiger partial charge in [0.2, 0.25) is 0 Å². The minimum atomic E-state index is -0.159. The molecule has 1 aromatic heterocycles. The maximum Gasteiger partial charge on any atom is 0.254 e. The van der Waals surface area contributed by atoms with Gasteiger partial charge in [0.1, 0.15) is 0 Å². The van der Waals surface area contributed by atoms with Crippen molar-refractivity contribution in [3.8, 4) is 0 Å². The average Bonchev–Trinajstić information content (AvgIpc) is 3.01. The zero-order valence-corrected chi connectivity index (χ0v) is 15.3. The van der Waals surface area contributed by atoms with Gasteiger partial charge in [0.25, 0.3) is 5.91 Å². The summed E-state index contributed by atoms with van der Waals surface area (Å²) in [6, 6.07) is 3.57. The molecule has 2 atom stereocenters. The predicted octanol–water partition coefficient (Wildman–Crippen LogP) is 1.67. The van der Waals surface area contributed by atoms with Crippen LogP contribution in [0.5, 0.6) is 0 Å². The van der Waals surface area contributed by atoms with Crippen LogP contribution < -0.4 is 0 Å². The minimum Gasteiger partial charge on any atom is -0.383 e. The number of hydrogen-bond acceptors (Lipinski definition) is 5. The van der Waals surface area contributed by atoms with Crippen molar-refractivity contribution < 1.29 is 14.3 Å². The minimum absolute atomic E-state index is 0.0886. The molecule has 3 rings (SSSR count). The Bertz CT molecular complexity index is 568. The third-order valence-corrected chi connectivity index (χ3v) is 5.29. The summed E-state index contributed by atoms with van der Waals surface area (Å²) in [5.74, 6) is 0.614. The van der Waals surface area contributed by atoms with Crippen molar-refractivity contribution in [2.45, 2.75) is 24.9 Å². The summed E-state index contributed by atoms with van der Waals surface area (Å²) in [7, 11) is 3.86. The van der Waals surface area contributed by atoms with E-state index in [1.165, 1.54) is 0 Å². The van der Waals surface area contributed by atoms with Crippen LogP contribution in [0.1, 0.15) is 29.6 Å². The number of rotatable bonds is 6. The molecule has 0 radical (unpaired) electrons. The monoisotopic (exact) mass is 347 g/mol. The van der Waals surface area contributed by atoms with Gasteiger partial charge in [0.05, 0.1) is 18.8 Å². The van der Waals surface area contributed by atoms with E-state index in [-0.39, 0.29) is 11.5 Å². The highest BCUT2D eigenvalue weighted by Crippen LogP contribution is 2.38. The summed E-state index contributed by atoms with van der Waals surface area (Å²) in [6.45, 7) is 5.01. The van der Waals surface area contributed by atoms with Gasteiger partial charge >= 0.3 is 0 Å². The van der Waals surface area contributed by atoms with Gasteiger partial charge in [-0.1, -0.05) is 0 Å². The zero-order valence-electron chi connectivity index (χ0n) is 15.3. The summed E-state index contributed by atoms with van der Waals surface area (Å²) in [5, 5.41) is 0. The van der Waals surface area contributed by atoms with E-state index in [4.69, 9.17) is 9.47 Å². The number of carbonyl (C=O) groups is 1. The number of amides is 1. The van der Waals surface area contributed by atoms with E-state index in [0.717, 1.165) is 52.1 Å². The molecule has 0 bridgehead atoms. The molecule has 2 saturated heterocycles. The van der Waals surface area contributed by atoms with Crippen LogP contribution in [-0.2, 0) is 9.47 Å². The Balaban J connectivity index is 1.57. The standard InChI is InChI=1S/C19H29N3O3/c1-21(10-11-24-2)13-16-12-19(25-14-16)6-3-9-22(15-19)18(23)17-4-7-20-8-5-17/h4-5,7-8,16H,3,6,9-15H2,1-2H3/t16-,19+/m1/s1. The number of pyridine rings is 1. The van der Waals surface area contributed by atoms with Crippen LogP contribution in [0.25, 0.3) is 0 Å². The molecule has 2 aliphatic rings. The average molecular weight is 347 g/mol. The van der Waals surface area contributed by atoms with Crippen molar-refractivity contribution in [2.75, 3.05) is 53.6 Å². The maximum atomic E-state index is 12.7. The lowest BCUT2D eigenvalue weighted by molar-refractivity contribution is -0.0450. The highest BCUT2D eigenvalue weighted by Gasteiger charge is 2.44. The van der Waals surface area contributed by atoms with Crippen LogP contribution in [0.15, 0.2) is 24.5 Å². The molecule has 2 fully saturated rings. The molecule has 3 heterocycles. The molecule has 0 aromatic carbocycles. The Labute approximate surface area is 150 Å². The molecule has 0 aliphatic carbocycles. The van der Waals surface area contributed by atoms with E-state index in [0.29, 0.717) is 18.0 Å². The molecular weight excluding hydrogens is 318 g/mol. The fraction of sp³-hybridized carbons (Fsp3) is 0.684. The van der Waals surface area contributed by atoms with E-state index < -0.39 is 0 Å². The van der Waals surface area contributed by atoms with Crippen molar-refractivity contribution in [1.29, 1.82) is 0 Å². The summed E-state index contributed by atoms with van der Waals surface area (Å²) < 4.78 is 11.4. The molecule has 6 nitrogen and oxygen atoms in total. The number of likely N-dealkylation sites (tertiary alicyclic amines) is 1. The van der Waals surface area contributed by atoms with Gasteiger partial charge in [0, 0.05) is 51.2 Å². The SMILES string of the molecule is COCCN(C)C[C@@H]1CO[C@@]2(CCCN(C(=O)c3ccncc3)C2)C1. The van der Waals surface area contributed by atoms with Crippen molar-refractivity contribution in [2.24, 2.45) is 5.92 Å². The Morgan fingerprint density at radius 1 is 1.48 bits per heavy atom. The first-order valence-electron chi connectivity index (χ1n) is 9.13. The van der Waals surface area contributed by atoms with Crippen LogP contribution in [0.4, 0.5) is 0 Å². The van der Waals surface area contributed by atoms with Crippen molar-refractivity contribution in [3.05, 3.63) is 30.1 Å². The number of likely N-dealkylation sites (N-methyl/N-ethyl adjacent to an activating group) is 1. The Hall–Kier alpha value is -1.50. The van der Waals surface area contributed by atoms with Crippen LogP contribution >= 0.6 is 0 Å². The molecule has 25 heavy (non-hydrogen) atoms. The Morgan fingerprint density at radius 3 is 3.04 bits per heavy atom. The largest absolute Gasteiger partial charge is 0.383 e. The highest BCUT2D eigenvalue weighted by atomic mass is 16.5. The van der Waals surface area contributed by atoms with E-state index in [1.54, 1.807) is 31.6 Å². The van der Waals surface area contributed by atoms with Crippen molar-refractivity contribution >= 4 is 5.91 Å². The van der Waals surface area contributed by atoms with E-state index in [1.807, 2.05) is 4.90 Å². The number of aromatic nitrogens is 1. The van der Waals surface area contributed by atoms with Gasteiger partial charge in [-0.2, -0.15) is 0 Å². The zero-order chi connectivity index (χ0) is 17.7. The lowest BCUT2D eigenvalue weighted by Crippen LogP contribution is -2.50. The van der Waals surface area contributed by atoms with Gasteiger partial charge in [0.15, 0.2) is 0 Å². The molecule has 1 spiro atoms. The van der Waals surface area contributed by atoms with Crippen LogP contribution in [-0.4, -0.2) is 79.8 Å². The number of hydrogen-bond donors (Lipinski definition) is 0. The number of piperidine rings is 1. The summed E-state index contributed by atoms with van der Waals surface area (Å²) in [5.41, 5.74) is 0.550. The van der Waals surface area contributed by atoms with Crippen LogP contribution in [0.2, 0.25) is 0 Å². The molecular formula is C19H29N3O3. The third-order valence-electron chi connectivity index (χ3n) is 5.29.